The summed E-state index contributed by atoms with van der Waals surface area (Å²) in [6.07, 6.45) is 6.22. The molecular weight excluding hydrogens is 280 g/mol. The summed E-state index contributed by atoms with van der Waals surface area (Å²) in [5.74, 6) is 0.982. The van der Waals surface area contributed by atoms with Crippen LogP contribution in [0.15, 0.2) is 45.7 Å². The molecule has 3 nitrogen and oxygen atoms in total. The number of halogens is 1. The van der Waals surface area contributed by atoms with Crippen LogP contribution in [0.3, 0.4) is 0 Å². The van der Waals surface area contributed by atoms with Crippen molar-refractivity contribution in [2.75, 3.05) is 6.54 Å². The number of hydrogen-bond donors (Lipinski definition) is 1. The number of furan rings is 1. The lowest BCUT2D eigenvalue weighted by molar-refractivity contribution is 0.454. The maximum atomic E-state index is 5.39. The summed E-state index contributed by atoms with van der Waals surface area (Å²) in [5.41, 5.74) is 1.16. The average molecular weight is 295 g/mol. The van der Waals surface area contributed by atoms with Gasteiger partial charge in [0.15, 0.2) is 0 Å². The van der Waals surface area contributed by atoms with Gasteiger partial charge in [0.1, 0.15) is 5.76 Å². The van der Waals surface area contributed by atoms with E-state index in [0.717, 1.165) is 28.8 Å². The zero-order valence-corrected chi connectivity index (χ0v) is 11.3. The molecule has 17 heavy (non-hydrogen) atoms. The first kappa shape index (κ1) is 12.3. The van der Waals surface area contributed by atoms with Crippen LogP contribution >= 0.6 is 15.9 Å². The summed E-state index contributed by atoms with van der Waals surface area (Å²) in [6.45, 7) is 3.01. The van der Waals surface area contributed by atoms with Crippen molar-refractivity contribution in [3.63, 3.8) is 0 Å². The third kappa shape index (κ3) is 3.41. The Bertz CT molecular complexity index is 456. The van der Waals surface area contributed by atoms with Gasteiger partial charge in [-0.3, -0.25) is 4.98 Å². The maximum Gasteiger partial charge on any atom is 0.105 e. The van der Waals surface area contributed by atoms with Gasteiger partial charge in [-0.1, -0.05) is 6.92 Å². The van der Waals surface area contributed by atoms with E-state index >= 15 is 0 Å². The van der Waals surface area contributed by atoms with Crippen LogP contribution in [0.1, 0.15) is 24.3 Å². The topological polar surface area (TPSA) is 38.1 Å². The van der Waals surface area contributed by atoms with Crippen LogP contribution in [0.5, 0.6) is 0 Å². The van der Waals surface area contributed by atoms with Crippen LogP contribution in [0.25, 0.3) is 0 Å². The van der Waals surface area contributed by atoms with Crippen molar-refractivity contribution < 1.29 is 4.42 Å². The molecule has 0 spiro atoms. The Morgan fingerprint density at radius 2 is 2.35 bits per heavy atom. The molecule has 0 aliphatic heterocycles. The van der Waals surface area contributed by atoms with E-state index in [4.69, 9.17) is 4.42 Å². The molecule has 0 radical (unpaired) electrons. The third-order valence-corrected chi connectivity index (χ3v) is 3.00. The van der Waals surface area contributed by atoms with Crippen molar-refractivity contribution in [2.24, 2.45) is 0 Å². The molecule has 0 bridgehead atoms. The molecule has 2 aromatic rings. The van der Waals surface area contributed by atoms with E-state index in [9.17, 15) is 0 Å². The smallest absolute Gasteiger partial charge is 0.105 e. The van der Waals surface area contributed by atoms with Crippen molar-refractivity contribution in [1.82, 2.24) is 10.3 Å². The van der Waals surface area contributed by atoms with Gasteiger partial charge in [-0.2, -0.15) is 0 Å². The highest BCUT2D eigenvalue weighted by Crippen LogP contribution is 2.20. The summed E-state index contributed by atoms with van der Waals surface area (Å²) >= 11 is 3.45. The standard InChI is InChI=1S/C13H15BrN2O/c1-2-16-13(7-12-4-3-5-17-12)10-6-11(14)9-15-8-10/h3-6,8-9,13,16H,2,7H2,1H3. The Morgan fingerprint density at radius 1 is 1.47 bits per heavy atom. The number of rotatable bonds is 5. The van der Waals surface area contributed by atoms with Crippen LogP contribution < -0.4 is 5.32 Å². The van der Waals surface area contributed by atoms with Crippen molar-refractivity contribution in [3.05, 3.63) is 52.7 Å². The van der Waals surface area contributed by atoms with Crippen LogP contribution in [0, 0.1) is 0 Å². The zero-order valence-electron chi connectivity index (χ0n) is 9.69. The summed E-state index contributed by atoms with van der Waals surface area (Å²) in [4.78, 5) is 4.20. The quantitative estimate of drug-likeness (QED) is 0.919. The number of pyridine rings is 1. The molecular formula is C13H15BrN2O. The monoisotopic (exact) mass is 294 g/mol. The fraction of sp³-hybridized carbons (Fsp3) is 0.308. The minimum absolute atomic E-state index is 0.233. The number of hydrogen-bond acceptors (Lipinski definition) is 3. The molecule has 0 amide bonds. The van der Waals surface area contributed by atoms with Crippen molar-refractivity contribution in [1.29, 1.82) is 0 Å². The Hall–Kier alpha value is -1.13. The molecule has 0 fully saturated rings. The Balaban J connectivity index is 2.16. The third-order valence-electron chi connectivity index (χ3n) is 2.56. The summed E-state index contributed by atoms with van der Waals surface area (Å²) in [7, 11) is 0. The fourth-order valence-electron chi connectivity index (χ4n) is 1.80. The largest absolute Gasteiger partial charge is 0.469 e. The lowest BCUT2D eigenvalue weighted by atomic mass is 10.0. The maximum absolute atomic E-state index is 5.39. The van der Waals surface area contributed by atoms with Crippen molar-refractivity contribution in [3.8, 4) is 0 Å². The van der Waals surface area contributed by atoms with Gasteiger partial charge in [-0.25, -0.2) is 0 Å². The first-order valence-electron chi connectivity index (χ1n) is 5.66. The highest BCUT2D eigenvalue weighted by molar-refractivity contribution is 9.10. The first-order valence-corrected chi connectivity index (χ1v) is 6.45. The second-order valence-corrected chi connectivity index (χ2v) is 4.75. The fourth-order valence-corrected chi connectivity index (χ4v) is 2.19. The molecule has 0 aliphatic carbocycles. The predicted octanol–water partition coefficient (Wildman–Crippen LogP) is 3.33. The Morgan fingerprint density at radius 3 is 3.00 bits per heavy atom. The molecule has 2 heterocycles. The molecule has 2 rings (SSSR count). The second kappa shape index (κ2) is 5.98. The minimum atomic E-state index is 0.233. The summed E-state index contributed by atoms with van der Waals surface area (Å²) < 4.78 is 6.39. The van der Waals surface area contributed by atoms with Crippen LogP contribution in [0.4, 0.5) is 0 Å². The molecule has 0 aromatic carbocycles. The predicted molar refractivity (Wildman–Crippen MR) is 70.8 cm³/mol. The molecule has 1 unspecified atom stereocenters. The molecule has 4 heteroatoms. The number of nitrogens with zero attached hydrogens (tertiary/aromatic N) is 1. The average Bonchev–Trinajstić information content (AvgIpc) is 2.81. The van der Waals surface area contributed by atoms with E-state index in [0.29, 0.717) is 0 Å². The summed E-state index contributed by atoms with van der Waals surface area (Å²) in [5, 5.41) is 3.44. The molecule has 2 aromatic heterocycles. The van der Waals surface area contributed by atoms with Gasteiger partial charge in [0.25, 0.3) is 0 Å². The zero-order chi connectivity index (χ0) is 12.1. The molecule has 0 saturated heterocycles. The number of aromatic nitrogens is 1. The number of nitrogens with one attached hydrogen (secondary N) is 1. The van der Waals surface area contributed by atoms with E-state index < -0.39 is 0 Å². The minimum Gasteiger partial charge on any atom is -0.469 e. The van der Waals surface area contributed by atoms with Gasteiger partial charge in [-0.05, 0) is 46.2 Å². The van der Waals surface area contributed by atoms with Gasteiger partial charge >= 0.3 is 0 Å². The Labute approximate surface area is 109 Å². The van der Waals surface area contributed by atoms with Gasteiger partial charge in [-0.15, -0.1) is 0 Å². The Kier molecular flexibility index (Phi) is 4.34. The van der Waals surface area contributed by atoms with E-state index in [2.05, 4.69) is 39.2 Å². The number of likely N-dealkylation sites (N-methyl/N-ethyl adjacent to an activating group) is 1. The molecule has 0 saturated carbocycles. The lowest BCUT2D eigenvalue weighted by Gasteiger charge is -2.17. The van der Waals surface area contributed by atoms with E-state index in [1.54, 1.807) is 12.5 Å². The second-order valence-electron chi connectivity index (χ2n) is 3.83. The van der Waals surface area contributed by atoms with Gasteiger partial charge in [0.05, 0.1) is 6.26 Å². The van der Waals surface area contributed by atoms with Gasteiger partial charge in [0.2, 0.25) is 0 Å². The SMILES string of the molecule is CCNC(Cc1ccco1)c1cncc(Br)c1. The first-order chi connectivity index (χ1) is 8.29. The van der Waals surface area contributed by atoms with E-state index in [1.165, 1.54) is 0 Å². The molecule has 0 aliphatic rings. The highest BCUT2D eigenvalue weighted by Gasteiger charge is 2.13. The van der Waals surface area contributed by atoms with Crippen molar-refractivity contribution >= 4 is 15.9 Å². The van der Waals surface area contributed by atoms with Crippen LogP contribution in [0.2, 0.25) is 0 Å². The highest BCUT2D eigenvalue weighted by atomic mass is 79.9. The van der Waals surface area contributed by atoms with Crippen LogP contribution in [-0.2, 0) is 6.42 Å². The van der Waals surface area contributed by atoms with Crippen LogP contribution in [-0.4, -0.2) is 11.5 Å². The van der Waals surface area contributed by atoms with E-state index in [1.807, 2.05) is 18.3 Å². The molecule has 90 valence electrons. The molecule has 1 atom stereocenters. The van der Waals surface area contributed by atoms with E-state index in [-0.39, 0.29) is 6.04 Å². The normalized spacial score (nSPS) is 12.6. The summed E-state index contributed by atoms with van der Waals surface area (Å²) in [6, 6.07) is 6.23. The van der Waals surface area contributed by atoms with Crippen molar-refractivity contribution in [2.45, 2.75) is 19.4 Å². The van der Waals surface area contributed by atoms with Gasteiger partial charge in [0, 0.05) is 29.3 Å². The molecule has 1 N–H and O–H groups in total. The van der Waals surface area contributed by atoms with Gasteiger partial charge < -0.3 is 9.73 Å². The lowest BCUT2D eigenvalue weighted by Crippen LogP contribution is -2.22.